The van der Waals surface area contributed by atoms with E-state index >= 15 is 0 Å². The average Bonchev–Trinajstić information content (AvgIpc) is 2.97. The molecule has 9 heteroatoms. The Bertz CT molecular complexity index is 862. The van der Waals surface area contributed by atoms with E-state index in [1.807, 2.05) is 31.3 Å². The number of alkyl halides is 3. The summed E-state index contributed by atoms with van der Waals surface area (Å²) < 4.78 is 42.6. The van der Waals surface area contributed by atoms with Crippen molar-refractivity contribution < 1.29 is 27.5 Å². The normalized spacial score (nSPS) is 20.7. The van der Waals surface area contributed by atoms with Gasteiger partial charge in [0.2, 0.25) is 0 Å². The lowest BCUT2D eigenvalue weighted by Crippen LogP contribution is -2.45. The van der Waals surface area contributed by atoms with Crippen LogP contribution in [0.3, 0.4) is 0 Å². The van der Waals surface area contributed by atoms with Crippen molar-refractivity contribution in [2.45, 2.75) is 32.0 Å². The first-order chi connectivity index (χ1) is 12.6. The van der Waals surface area contributed by atoms with E-state index in [0.717, 1.165) is 22.9 Å². The van der Waals surface area contributed by atoms with Crippen LogP contribution < -0.4 is 0 Å². The van der Waals surface area contributed by atoms with Crippen LogP contribution in [0.25, 0.3) is 10.9 Å². The summed E-state index contributed by atoms with van der Waals surface area (Å²) in [5, 5.41) is 5.28. The monoisotopic (exact) mass is 383 g/mol. The second-order valence-electron chi connectivity index (χ2n) is 6.97. The molecule has 1 saturated heterocycles. The van der Waals surface area contributed by atoms with Gasteiger partial charge in [0.05, 0.1) is 11.6 Å². The predicted octanol–water partition coefficient (Wildman–Crippen LogP) is 2.98. The third kappa shape index (κ3) is 4.40. The van der Waals surface area contributed by atoms with Crippen LogP contribution >= 0.6 is 0 Å². The molecule has 1 aromatic carbocycles. The quantitative estimate of drug-likeness (QED) is 0.591. The molecule has 146 valence electrons. The lowest BCUT2D eigenvalue weighted by molar-refractivity contribution is -0.190. The number of carbonyl (C=O) groups excluding carboxylic acids is 2. The van der Waals surface area contributed by atoms with Crippen molar-refractivity contribution in [3.05, 3.63) is 30.0 Å². The molecule has 0 bridgehead atoms. The van der Waals surface area contributed by atoms with Gasteiger partial charge in [-0.05, 0) is 30.4 Å². The Morgan fingerprint density at radius 1 is 1.30 bits per heavy atom. The summed E-state index contributed by atoms with van der Waals surface area (Å²) in [5.74, 6) is -2.39. The molecule has 1 aliphatic heterocycles. The number of aromatic nitrogens is 2. The standard InChI is InChI=1S/C18H20F3N3O3/c1-11-3-6-15(12-4-5-13-9-23(2)22-14(13)7-12)24(8-11)16(25)17(26)27-10-18(19,20)21/h4-5,7,9,11,15H,3,6,8,10H2,1-2H3/t11-,15+/m0/s1. The first-order valence-electron chi connectivity index (χ1n) is 8.62. The van der Waals surface area contributed by atoms with E-state index in [9.17, 15) is 22.8 Å². The molecular weight excluding hydrogens is 363 g/mol. The molecule has 1 aliphatic rings. The number of piperidine rings is 1. The van der Waals surface area contributed by atoms with Gasteiger partial charge in [0.15, 0.2) is 6.61 Å². The molecule has 2 atom stereocenters. The number of aryl methyl sites for hydroxylation is 1. The molecule has 3 rings (SSSR count). The summed E-state index contributed by atoms with van der Waals surface area (Å²) in [7, 11) is 1.80. The smallest absolute Gasteiger partial charge is 0.422 e. The molecule has 1 fully saturated rings. The molecular formula is C18H20F3N3O3. The summed E-state index contributed by atoms with van der Waals surface area (Å²) >= 11 is 0. The Morgan fingerprint density at radius 2 is 2.04 bits per heavy atom. The number of fused-ring (bicyclic) bond motifs is 1. The number of carbonyl (C=O) groups is 2. The Morgan fingerprint density at radius 3 is 2.74 bits per heavy atom. The first kappa shape index (κ1) is 19.2. The number of hydrogen-bond acceptors (Lipinski definition) is 4. The minimum atomic E-state index is -4.67. The van der Waals surface area contributed by atoms with Crippen LogP contribution in [-0.2, 0) is 21.4 Å². The number of ether oxygens (including phenoxy) is 1. The number of hydrogen-bond donors (Lipinski definition) is 0. The highest BCUT2D eigenvalue weighted by molar-refractivity contribution is 6.32. The Labute approximate surface area is 153 Å². The highest BCUT2D eigenvalue weighted by atomic mass is 19.4. The number of rotatable bonds is 2. The van der Waals surface area contributed by atoms with Crippen LogP contribution in [0, 0.1) is 5.92 Å². The van der Waals surface area contributed by atoms with Gasteiger partial charge in [0, 0.05) is 25.2 Å². The fraction of sp³-hybridized carbons (Fsp3) is 0.500. The third-order valence-corrected chi connectivity index (χ3v) is 4.65. The van der Waals surface area contributed by atoms with Crippen molar-refractivity contribution in [3.8, 4) is 0 Å². The zero-order chi connectivity index (χ0) is 19.8. The lowest BCUT2D eigenvalue weighted by atomic mass is 9.89. The van der Waals surface area contributed by atoms with Crippen LogP contribution in [0.2, 0.25) is 0 Å². The highest BCUT2D eigenvalue weighted by Gasteiger charge is 2.37. The van der Waals surface area contributed by atoms with E-state index in [4.69, 9.17) is 0 Å². The number of amides is 1. The number of esters is 1. The molecule has 0 saturated carbocycles. The topological polar surface area (TPSA) is 64.4 Å². The molecule has 0 N–H and O–H groups in total. The molecule has 0 aliphatic carbocycles. The van der Waals surface area contributed by atoms with E-state index in [-0.39, 0.29) is 12.5 Å². The van der Waals surface area contributed by atoms with Gasteiger partial charge in [-0.2, -0.15) is 18.3 Å². The van der Waals surface area contributed by atoms with Crippen LogP contribution in [0.1, 0.15) is 31.4 Å². The zero-order valence-electron chi connectivity index (χ0n) is 15.0. The largest absolute Gasteiger partial charge is 0.449 e. The Kier molecular flexibility index (Phi) is 5.12. The van der Waals surface area contributed by atoms with Crippen LogP contribution in [0.5, 0.6) is 0 Å². The van der Waals surface area contributed by atoms with Gasteiger partial charge in [0.25, 0.3) is 0 Å². The average molecular weight is 383 g/mol. The van der Waals surface area contributed by atoms with Crippen molar-refractivity contribution in [3.63, 3.8) is 0 Å². The SMILES string of the molecule is C[C@H]1CC[C@H](c2ccc3cn(C)nc3c2)N(C(=O)C(=O)OCC(F)(F)F)C1. The summed E-state index contributed by atoms with van der Waals surface area (Å²) in [5.41, 5.74) is 1.55. The molecule has 1 amide bonds. The molecule has 0 spiro atoms. The van der Waals surface area contributed by atoms with Crippen molar-refractivity contribution >= 4 is 22.8 Å². The zero-order valence-corrected chi connectivity index (χ0v) is 15.0. The van der Waals surface area contributed by atoms with Gasteiger partial charge in [-0.15, -0.1) is 0 Å². The lowest BCUT2D eigenvalue weighted by Gasteiger charge is -2.38. The van der Waals surface area contributed by atoms with E-state index in [1.54, 1.807) is 11.7 Å². The maximum absolute atomic E-state index is 12.5. The molecule has 27 heavy (non-hydrogen) atoms. The number of benzene rings is 1. The van der Waals surface area contributed by atoms with Crippen LogP contribution in [0.15, 0.2) is 24.4 Å². The van der Waals surface area contributed by atoms with Gasteiger partial charge in [-0.25, -0.2) is 4.79 Å². The van der Waals surface area contributed by atoms with Gasteiger partial charge >= 0.3 is 18.1 Å². The fourth-order valence-electron chi connectivity index (χ4n) is 3.41. The maximum Gasteiger partial charge on any atom is 0.422 e. The summed E-state index contributed by atoms with van der Waals surface area (Å²) in [4.78, 5) is 25.7. The van der Waals surface area contributed by atoms with Gasteiger partial charge in [0.1, 0.15) is 0 Å². The fourth-order valence-corrected chi connectivity index (χ4v) is 3.41. The van der Waals surface area contributed by atoms with Crippen LogP contribution in [-0.4, -0.2) is 45.9 Å². The second-order valence-corrected chi connectivity index (χ2v) is 6.97. The predicted molar refractivity (Wildman–Crippen MR) is 90.6 cm³/mol. The van der Waals surface area contributed by atoms with Gasteiger partial charge < -0.3 is 9.64 Å². The molecule has 2 aromatic rings. The molecule has 0 radical (unpaired) electrons. The number of likely N-dealkylation sites (tertiary alicyclic amines) is 1. The van der Waals surface area contributed by atoms with E-state index in [1.165, 1.54) is 4.90 Å². The van der Waals surface area contributed by atoms with Crippen molar-refractivity contribution in [2.75, 3.05) is 13.2 Å². The molecule has 0 unspecified atom stereocenters. The Balaban J connectivity index is 1.83. The Hall–Kier alpha value is -2.58. The second kappa shape index (κ2) is 7.21. The van der Waals surface area contributed by atoms with Gasteiger partial charge in [-0.1, -0.05) is 19.1 Å². The van der Waals surface area contributed by atoms with Gasteiger partial charge in [-0.3, -0.25) is 9.48 Å². The van der Waals surface area contributed by atoms with Crippen molar-refractivity contribution in [1.29, 1.82) is 0 Å². The maximum atomic E-state index is 12.5. The highest BCUT2D eigenvalue weighted by Crippen LogP contribution is 2.34. The number of halogens is 3. The molecule has 1 aromatic heterocycles. The molecule has 2 heterocycles. The summed E-state index contributed by atoms with van der Waals surface area (Å²) in [6, 6.07) is 5.17. The summed E-state index contributed by atoms with van der Waals surface area (Å²) in [6.07, 6.45) is -1.36. The minimum absolute atomic E-state index is 0.138. The minimum Gasteiger partial charge on any atom is -0.449 e. The first-order valence-corrected chi connectivity index (χ1v) is 8.62. The third-order valence-electron chi connectivity index (χ3n) is 4.65. The van der Waals surface area contributed by atoms with E-state index < -0.39 is 30.7 Å². The van der Waals surface area contributed by atoms with Crippen molar-refractivity contribution in [2.24, 2.45) is 13.0 Å². The van der Waals surface area contributed by atoms with E-state index in [2.05, 4.69) is 9.84 Å². The summed E-state index contributed by atoms with van der Waals surface area (Å²) in [6.45, 7) is 0.440. The van der Waals surface area contributed by atoms with E-state index in [0.29, 0.717) is 6.42 Å². The van der Waals surface area contributed by atoms with Crippen molar-refractivity contribution in [1.82, 2.24) is 14.7 Å². The number of nitrogens with zero attached hydrogens (tertiary/aromatic N) is 3. The van der Waals surface area contributed by atoms with Crippen LogP contribution in [0.4, 0.5) is 13.2 Å². The molecule has 6 nitrogen and oxygen atoms in total.